The molecule has 1 aromatic carbocycles. The summed E-state index contributed by atoms with van der Waals surface area (Å²) in [7, 11) is 3.12. The Hall–Kier alpha value is -3.88. The van der Waals surface area contributed by atoms with Gasteiger partial charge < -0.3 is 10.1 Å². The lowest BCUT2D eigenvalue weighted by atomic mass is 9.98. The molecule has 0 atom stereocenters. The van der Waals surface area contributed by atoms with E-state index in [0.29, 0.717) is 38.9 Å². The van der Waals surface area contributed by atoms with E-state index < -0.39 is 0 Å². The number of benzene rings is 1. The normalized spacial score (nSPS) is 10.0. The van der Waals surface area contributed by atoms with Crippen LogP contribution < -0.4 is 10.1 Å². The van der Waals surface area contributed by atoms with Crippen molar-refractivity contribution in [2.75, 3.05) is 14.2 Å². The topological polar surface area (TPSA) is 112 Å². The first-order valence-corrected chi connectivity index (χ1v) is 9.87. The highest BCUT2D eigenvalue weighted by Crippen LogP contribution is 2.34. The molecule has 0 fully saturated rings. The van der Waals surface area contributed by atoms with Gasteiger partial charge in [0.15, 0.2) is 0 Å². The molecule has 0 aliphatic heterocycles. The number of pyridine rings is 2. The molecule has 2 heterocycles. The molecule has 0 spiro atoms. The monoisotopic (exact) mass is 415 g/mol. The van der Waals surface area contributed by atoms with Gasteiger partial charge in [-0.25, -0.2) is 4.98 Å². The SMILES string of the molecule is CNC(=O)c1cc(CSc2ncc(C#N)c(-c3ccc(OC)cc3)c2C#N)ccn1. The molecule has 30 heavy (non-hydrogen) atoms. The minimum Gasteiger partial charge on any atom is -0.497 e. The number of nitriles is 2. The highest BCUT2D eigenvalue weighted by atomic mass is 32.2. The van der Waals surface area contributed by atoms with Crippen LogP contribution in [0.25, 0.3) is 11.1 Å². The minimum absolute atomic E-state index is 0.266. The van der Waals surface area contributed by atoms with Crippen molar-refractivity contribution < 1.29 is 9.53 Å². The third-order valence-corrected chi connectivity index (χ3v) is 5.38. The lowest BCUT2D eigenvalue weighted by molar-refractivity contribution is 0.0958. The molecule has 8 heteroatoms. The summed E-state index contributed by atoms with van der Waals surface area (Å²) in [6.07, 6.45) is 3.05. The quantitative estimate of drug-likeness (QED) is 0.613. The van der Waals surface area contributed by atoms with Gasteiger partial charge in [0.2, 0.25) is 0 Å². The lowest BCUT2D eigenvalue weighted by Crippen LogP contribution is -2.19. The summed E-state index contributed by atoms with van der Waals surface area (Å²) in [6, 6.07) is 15.0. The van der Waals surface area contributed by atoms with E-state index in [1.165, 1.54) is 18.0 Å². The number of ether oxygens (including phenoxy) is 1. The predicted octanol–water partition coefficient (Wildman–Crippen LogP) is 3.55. The van der Waals surface area contributed by atoms with Crippen LogP contribution in [0.5, 0.6) is 5.75 Å². The van der Waals surface area contributed by atoms with Crippen molar-refractivity contribution in [1.82, 2.24) is 15.3 Å². The molecule has 148 valence electrons. The third kappa shape index (κ3) is 4.40. The van der Waals surface area contributed by atoms with Crippen LogP contribution in [0.1, 0.15) is 27.2 Å². The van der Waals surface area contributed by atoms with E-state index in [4.69, 9.17) is 4.74 Å². The molecule has 0 saturated heterocycles. The molecule has 0 unspecified atom stereocenters. The van der Waals surface area contributed by atoms with E-state index in [9.17, 15) is 15.3 Å². The Balaban J connectivity index is 1.95. The van der Waals surface area contributed by atoms with Gasteiger partial charge in [0.25, 0.3) is 5.91 Å². The average molecular weight is 415 g/mol. The lowest BCUT2D eigenvalue weighted by Gasteiger charge is -2.11. The van der Waals surface area contributed by atoms with Crippen molar-refractivity contribution in [1.29, 1.82) is 10.5 Å². The molecule has 0 aliphatic carbocycles. The van der Waals surface area contributed by atoms with E-state index in [2.05, 4.69) is 27.4 Å². The maximum atomic E-state index is 11.8. The molecular formula is C22H17N5O2S. The fourth-order valence-corrected chi connectivity index (χ4v) is 3.72. The molecule has 2 aromatic heterocycles. The van der Waals surface area contributed by atoms with Crippen LogP contribution in [0.2, 0.25) is 0 Å². The largest absolute Gasteiger partial charge is 0.497 e. The number of methoxy groups -OCH3 is 1. The number of nitrogens with one attached hydrogen (secondary N) is 1. The highest BCUT2D eigenvalue weighted by Gasteiger charge is 2.17. The van der Waals surface area contributed by atoms with Gasteiger partial charge in [-0.15, -0.1) is 11.8 Å². The molecule has 0 radical (unpaired) electrons. The van der Waals surface area contributed by atoms with Crippen LogP contribution in [0.4, 0.5) is 0 Å². The maximum absolute atomic E-state index is 11.8. The highest BCUT2D eigenvalue weighted by molar-refractivity contribution is 7.98. The molecule has 1 amide bonds. The Morgan fingerprint density at radius 1 is 1.17 bits per heavy atom. The zero-order valence-corrected chi connectivity index (χ0v) is 17.2. The second kappa shape index (κ2) is 9.55. The number of hydrogen-bond donors (Lipinski definition) is 1. The summed E-state index contributed by atoms with van der Waals surface area (Å²) in [5.74, 6) is 0.907. The Morgan fingerprint density at radius 2 is 1.93 bits per heavy atom. The van der Waals surface area contributed by atoms with E-state index in [1.54, 1.807) is 44.6 Å². The minimum atomic E-state index is -0.266. The zero-order valence-electron chi connectivity index (χ0n) is 16.3. The summed E-state index contributed by atoms with van der Waals surface area (Å²) in [5, 5.41) is 22.4. The molecule has 0 bridgehead atoms. The average Bonchev–Trinajstić information content (AvgIpc) is 2.81. The summed E-state index contributed by atoms with van der Waals surface area (Å²) >= 11 is 1.36. The van der Waals surface area contributed by atoms with E-state index in [1.807, 2.05) is 12.1 Å². The van der Waals surface area contributed by atoms with Gasteiger partial charge in [-0.3, -0.25) is 9.78 Å². The van der Waals surface area contributed by atoms with Crippen LogP contribution in [0.3, 0.4) is 0 Å². The number of nitrogens with zero attached hydrogens (tertiary/aromatic N) is 4. The summed E-state index contributed by atoms with van der Waals surface area (Å²) in [5.41, 5.74) is 3.13. The molecule has 0 saturated carbocycles. The zero-order chi connectivity index (χ0) is 21.5. The fraction of sp³-hybridized carbons (Fsp3) is 0.136. The summed E-state index contributed by atoms with van der Waals surface area (Å²) in [6.45, 7) is 0. The number of aromatic nitrogens is 2. The predicted molar refractivity (Wildman–Crippen MR) is 113 cm³/mol. The molecule has 3 aromatic rings. The first-order chi connectivity index (χ1) is 14.6. The van der Waals surface area contributed by atoms with Crippen molar-refractivity contribution in [2.24, 2.45) is 0 Å². The Kier molecular flexibility index (Phi) is 6.63. The first-order valence-electron chi connectivity index (χ1n) is 8.88. The van der Waals surface area contributed by atoms with Crippen molar-refractivity contribution >= 4 is 17.7 Å². The molecule has 0 aliphatic rings. The smallest absolute Gasteiger partial charge is 0.269 e. The second-order valence-electron chi connectivity index (χ2n) is 6.10. The molecular weight excluding hydrogens is 398 g/mol. The van der Waals surface area contributed by atoms with Gasteiger partial charge in [-0.1, -0.05) is 12.1 Å². The number of carbonyl (C=O) groups excluding carboxylic acids is 1. The maximum Gasteiger partial charge on any atom is 0.269 e. The van der Waals surface area contributed by atoms with E-state index >= 15 is 0 Å². The molecule has 1 N–H and O–H groups in total. The molecule has 7 nitrogen and oxygen atoms in total. The van der Waals surface area contributed by atoms with Crippen LogP contribution in [-0.4, -0.2) is 30.0 Å². The van der Waals surface area contributed by atoms with Gasteiger partial charge >= 0.3 is 0 Å². The number of rotatable bonds is 6. The van der Waals surface area contributed by atoms with Crippen molar-refractivity contribution in [2.45, 2.75) is 10.8 Å². The van der Waals surface area contributed by atoms with Crippen LogP contribution in [0.15, 0.2) is 53.8 Å². The third-order valence-electron chi connectivity index (χ3n) is 4.31. The summed E-state index contributed by atoms with van der Waals surface area (Å²) < 4.78 is 5.18. The van der Waals surface area contributed by atoms with Gasteiger partial charge in [0.1, 0.15) is 28.6 Å². The second-order valence-corrected chi connectivity index (χ2v) is 7.06. The first kappa shape index (κ1) is 20.8. The van der Waals surface area contributed by atoms with Crippen molar-refractivity contribution in [3.63, 3.8) is 0 Å². The van der Waals surface area contributed by atoms with Crippen LogP contribution >= 0.6 is 11.8 Å². The van der Waals surface area contributed by atoms with E-state index in [0.717, 1.165) is 11.1 Å². The number of thioether (sulfide) groups is 1. The Labute approximate surface area is 178 Å². The van der Waals surface area contributed by atoms with Crippen molar-refractivity contribution in [3.8, 4) is 29.0 Å². The Morgan fingerprint density at radius 3 is 2.57 bits per heavy atom. The standard InChI is InChI=1S/C22H17N5O2S/c1-25-21(28)19-9-14(7-8-26-19)13-30-22-18(11-24)20(16(10-23)12-27-22)15-3-5-17(29-2)6-4-15/h3-9,12H,13H2,1-2H3,(H,25,28). The number of hydrogen-bond acceptors (Lipinski definition) is 7. The van der Waals surface area contributed by atoms with Gasteiger partial charge in [0.05, 0.1) is 18.2 Å². The van der Waals surface area contributed by atoms with Gasteiger partial charge in [-0.05, 0) is 35.4 Å². The van der Waals surface area contributed by atoms with E-state index in [-0.39, 0.29) is 5.91 Å². The fourth-order valence-electron chi connectivity index (χ4n) is 2.82. The van der Waals surface area contributed by atoms with Gasteiger partial charge in [-0.2, -0.15) is 10.5 Å². The van der Waals surface area contributed by atoms with Gasteiger partial charge in [0, 0.05) is 30.8 Å². The number of carbonyl (C=O) groups is 1. The summed E-state index contributed by atoms with van der Waals surface area (Å²) in [4.78, 5) is 20.2. The van der Waals surface area contributed by atoms with Crippen LogP contribution in [-0.2, 0) is 5.75 Å². The Bertz CT molecular complexity index is 1160. The molecule has 3 rings (SSSR count). The van der Waals surface area contributed by atoms with Crippen LogP contribution in [0, 0.1) is 22.7 Å². The van der Waals surface area contributed by atoms with Crippen molar-refractivity contribution in [3.05, 3.63) is 71.2 Å². The number of amides is 1.